The maximum Gasteiger partial charge on any atom is 0.407 e. The van der Waals surface area contributed by atoms with E-state index in [1.165, 1.54) is 0 Å². The van der Waals surface area contributed by atoms with E-state index in [1.807, 2.05) is 45.2 Å². The molecule has 122 valence electrons. The molecule has 2 rings (SSSR count). The van der Waals surface area contributed by atoms with E-state index in [1.54, 1.807) is 0 Å². The average Bonchev–Trinajstić information content (AvgIpc) is 2.44. The lowest BCUT2D eigenvalue weighted by atomic mass is 9.91. The SMILES string of the molecule is CC(C)(C)OC(=O)NC1CCCC(NCc2ccccn2)C1. The molecule has 0 aromatic carbocycles. The highest BCUT2D eigenvalue weighted by Gasteiger charge is 2.25. The molecule has 1 amide bonds. The topological polar surface area (TPSA) is 63.2 Å². The van der Waals surface area contributed by atoms with Gasteiger partial charge in [0.2, 0.25) is 0 Å². The van der Waals surface area contributed by atoms with Gasteiger partial charge < -0.3 is 15.4 Å². The highest BCUT2D eigenvalue weighted by Crippen LogP contribution is 2.19. The summed E-state index contributed by atoms with van der Waals surface area (Å²) in [4.78, 5) is 16.2. The minimum absolute atomic E-state index is 0.185. The van der Waals surface area contributed by atoms with Crippen molar-refractivity contribution >= 4 is 6.09 Å². The molecule has 1 aromatic heterocycles. The van der Waals surface area contributed by atoms with Crippen molar-refractivity contribution in [2.24, 2.45) is 0 Å². The zero-order valence-electron chi connectivity index (χ0n) is 13.8. The molecule has 5 nitrogen and oxygen atoms in total. The minimum atomic E-state index is -0.449. The number of amides is 1. The van der Waals surface area contributed by atoms with Crippen LogP contribution in [0.2, 0.25) is 0 Å². The molecular weight excluding hydrogens is 278 g/mol. The quantitative estimate of drug-likeness (QED) is 0.897. The van der Waals surface area contributed by atoms with Crippen LogP contribution in [-0.2, 0) is 11.3 Å². The van der Waals surface area contributed by atoms with Crippen molar-refractivity contribution < 1.29 is 9.53 Å². The number of ether oxygens (including phenoxy) is 1. The van der Waals surface area contributed by atoms with E-state index in [-0.39, 0.29) is 12.1 Å². The first-order valence-electron chi connectivity index (χ1n) is 8.05. The second-order valence-electron chi connectivity index (χ2n) is 6.91. The van der Waals surface area contributed by atoms with E-state index in [0.29, 0.717) is 6.04 Å². The van der Waals surface area contributed by atoms with Gasteiger partial charge in [0.15, 0.2) is 0 Å². The van der Waals surface area contributed by atoms with Crippen LogP contribution in [0.4, 0.5) is 4.79 Å². The van der Waals surface area contributed by atoms with Crippen LogP contribution < -0.4 is 10.6 Å². The van der Waals surface area contributed by atoms with Gasteiger partial charge in [-0.1, -0.05) is 6.07 Å². The van der Waals surface area contributed by atoms with Crippen LogP contribution in [0.3, 0.4) is 0 Å². The second-order valence-corrected chi connectivity index (χ2v) is 6.91. The molecule has 5 heteroatoms. The Morgan fingerprint density at radius 2 is 2.09 bits per heavy atom. The summed E-state index contributed by atoms with van der Waals surface area (Å²) >= 11 is 0. The molecule has 0 radical (unpaired) electrons. The predicted molar refractivity (Wildman–Crippen MR) is 86.5 cm³/mol. The Labute approximate surface area is 132 Å². The smallest absolute Gasteiger partial charge is 0.407 e. The number of hydrogen-bond acceptors (Lipinski definition) is 4. The van der Waals surface area contributed by atoms with Crippen LogP contribution in [0, 0.1) is 0 Å². The Hall–Kier alpha value is -1.62. The summed E-state index contributed by atoms with van der Waals surface area (Å²) < 4.78 is 5.32. The monoisotopic (exact) mass is 305 g/mol. The van der Waals surface area contributed by atoms with Crippen molar-refractivity contribution in [2.45, 2.75) is 70.7 Å². The van der Waals surface area contributed by atoms with Crippen molar-refractivity contribution in [3.05, 3.63) is 30.1 Å². The first-order chi connectivity index (χ1) is 10.4. The fourth-order valence-corrected chi connectivity index (χ4v) is 2.73. The molecular formula is C17H27N3O2. The number of nitrogens with zero attached hydrogens (tertiary/aromatic N) is 1. The molecule has 0 saturated heterocycles. The van der Waals surface area contributed by atoms with Gasteiger partial charge in [-0.15, -0.1) is 0 Å². The molecule has 0 bridgehead atoms. The van der Waals surface area contributed by atoms with Crippen molar-refractivity contribution in [1.29, 1.82) is 0 Å². The second kappa shape index (κ2) is 7.58. The lowest BCUT2D eigenvalue weighted by Crippen LogP contribution is -2.45. The summed E-state index contributed by atoms with van der Waals surface area (Å²) in [5.74, 6) is 0. The molecule has 1 saturated carbocycles. The molecule has 0 spiro atoms. The molecule has 1 aliphatic carbocycles. The molecule has 0 aliphatic heterocycles. The van der Waals surface area contributed by atoms with Crippen LogP contribution in [0.5, 0.6) is 0 Å². The number of rotatable bonds is 4. The van der Waals surface area contributed by atoms with Gasteiger partial charge in [-0.05, 0) is 58.6 Å². The molecule has 1 fully saturated rings. The molecule has 2 atom stereocenters. The number of aromatic nitrogens is 1. The number of hydrogen-bond donors (Lipinski definition) is 2. The van der Waals surface area contributed by atoms with Gasteiger partial charge in [-0.25, -0.2) is 4.79 Å². The van der Waals surface area contributed by atoms with E-state index < -0.39 is 5.60 Å². The molecule has 2 unspecified atom stereocenters. The van der Waals surface area contributed by atoms with E-state index in [0.717, 1.165) is 37.9 Å². The standard InChI is InChI=1S/C17H27N3O2/c1-17(2,3)22-16(21)20-14-9-6-8-13(11-14)19-12-15-7-4-5-10-18-15/h4-5,7,10,13-14,19H,6,8-9,11-12H2,1-3H3,(H,20,21). The Balaban J connectivity index is 1.75. The van der Waals surface area contributed by atoms with Crippen LogP contribution in [0.1, 0.15) is 52.1 Å². The highest BCUT2D eigenvalue weighted by molar-refractivity contribution is 5.68. The Kier molecular flexibility index (Phi) is 5.77. The van der Waals surface area contributed by atoms with Gasteiger partial charge in [0.05, 0.1) is 5.69 Å². The van der Waals surface area contributed by atoms with Gasteiger partial charge in [-0.3, -0.25) is 4.98 Å². The first-order valence-corrected chi connectivity index (χ1v) is 8.05. The Morgan fingerprint density at radius 1 is 1.32 bits per heavy atom. The fourth-order valence-electron chi connectivity index (χ4n) is 2.73. The summed E-state index contributed by atoms with van der Waals surface area (Å²) in [6.07, 6.45) is 5.69. The highest BCUT2D eigenvalue weighted by atomic mass is 16.6. The third kappa shape index (κ3) is 6.02. The molecule has 1 aromatic rings. The number of pyridine rings is 1. The molecule has 2 N–H and O–H groups in total. The van der Waals surface area contributed by atoms with E-state index in [9.17, 15) is 4.79 Å². The number of carbonyl (C=O) groups excluding carboxylic acids is 1. The Bertz CT molecular complexity index is 471. The van der Waals surface area contributed by atoms with Crippen molar-refractivity contribution in [3.63, 3.8) is 0 Å². The van der Waals surface area contributed by atoms with Crippen LogP contribution in [0.25, 0.3) is 0 Å². The van der Waals surface area contributed by atoms with Gasteiger partial charge in [0, 0.05) is 24.8 Å². The summed E-state index contributed by atoms with van der Waals surface area (Å²) in [5, 5.41) is 6.52. The van der Waals surface area contributed by atoms with E-state index in [2.05, 4.69) is 15.6 Å². The zero-order chi connectivity index (χ0) is 16.0. The van der Waals surface area contributed by atoms with E-state index in [4.69, 9.17) is 4.74 Å². The summed E-state index contributed by atoms with van der Waals surface area (Å²) in [6, 6.07) is 6.54. The van der Waals surface area contributed by atoms with Gasteiger partial charge in [0.1, 0.15) is 5.60 Å². The molecule has 22 heavy (non-hydrogen) atoms. The number of alkyl carbamates (subject to hydrolysis) is 1. The van der Waals surface area contributed by atoms with Crippen molar-refractivity contribution in [2.75, 3.05) is 0 Å². The first kappa shape index (κ1) is 16.7. The largest absolute Gasteiger partial charge is 0.444 e. The van der Waals surface area contributed by atoms with Gasteiger partial charge in [-0.2, -0.15) is 0 Å². The zero-order valence-corrected chi connectivity index (χ0v) is 13.8. The summed E-state index contributed by atoms with van der Waals surface area (Å²) in [5.41, 5.74) is 0.597. The fraction of sp³-hybridized carbons (Fsp3) is 0.647. The minimum Gasteiger partial charge on any atom is -0.444 e. The Morgan fingerprint density at radius 3 is 2.77 bits per heavy atom. The van der Waals surface area contributed by atoms with Crippen LogP contribution in [0.15, 0.2) is 24.4 Å². The van der Waals surface area contributed by atoms with Crippen molar-refractivity contribution in [1.82, 2.24) is 15.6 Å². The summed E-state index contributed by atoms with van der Waals surface area (Å²) in [6.45, 7) is 6.41. The van der Waals surface area contributed by atoms with Gasteiger partial charge in [0.25, 0.3) is 0 Å². The third-order valence-electron chi connectivity index (χ3n) is 3.69. The number of carbonyl (C=O) groups is 1. The normalized spacial score (nSPS) is 22.1. The van der Waals surface area contributed by atoms with E-state index >= 15 is 0 Å². The van der Waals surface area contributed by atoms with Crippen LogP contribution in [-0.4, -0.2) is 28.8 Å². The van der Waals surface area contributed by atoms with Gasteiger partial charge >= 0.3 is 6.09 Å². The lowest BCUT2D eigenvalue weighted by Gasteiger charge is -2.31. The van der Waals surface area contributed by atoms with Crippen molar-refractivity contribution in [3.8, 4) is 0 Å². The average molecular weight is 305 g/mol. The summed E-state index contributed by atoms with van der Waals surface area (Å²) in [7, 11) is 0. The molecule has 1 heterocycles. The third-order valence-corrected chi connectivity index (χ3v) is 3.69. The number of nitrogens with one attached hydrogen (secondary N) is 2. The maximum absolute atomic E-state index is 11.8. The predicted octanol–water partition coefficient (Wildman–Crippen LogP) is 3.01. The van der Waals surface area contributed by atoms with Crippen LogP contribution >= 0.6 is 0 Å². The molecule has 1 aliphatic rings. The lowest BCUT2D eigenvalue weighted by molar-refractivity contribution is 0.0488. The maximum atomic E-state index is 11.8.